The van der Waals surface area contributed by atoms with E-state index in [4.69, 9.17) is 9.47 Å². The first-order valence-electron chi connectivity index (χ1n) is 6.68. The topological polar surface area (TPSA) is 35.5 Å². The van der Waals surface area contributed by atoms with E-state index in [1.165, 1.54) is 25.7 Å². The Morgan fingerprint density at radius 3 is 2.25 bits per heavy atom. The Morgan fingerprint density at radius 2 is 1.56 bits per heavy atom. The summed E-state index contributed by atoms with van der Waals surface area (Å²) in [4.78, 5) is 11.1. The summed E-state index contributed by atoms with van der Waals surface area (Å²) in [6.07, 6.45) is 7.40. The molecule has 0 aromatic carbocycles. The zero-order chi connectivity index (χ0) is 10.7. The van der Waals surface area contributed by atoms with E-state index < -0.39 is 6.16 Å². The number of hydrogen-bond acceptors (Lipinski definition) is 3. The minimum absolute atomic E-state index is 0.0704. The highest BCUT2D eigenvalue weighted by Crippen LogP contribution is 2.59. The van der Waals surface area contributed by atoms with E-state index in [1.54, 1.807) is 0 Å². The summed E-state index contributed by atoms with van der Waals surface area (Å²) >= 11 is 0. The summed E-state index contributed by atoms with van der Waals surface area (Å²) in [5.74, 6) is 3.83. The van der Waals surface area contributed by atoms with Gasteiger partial charge < -0.3 is 9.47 Å². The van der Waals surface area contributed by atoms with E-state index in [2.05, 4.69) is 0 Å². The molecule has 6 unspecified atom stereocenters. The van der Waals surface area contributed by atoms with Crippen molar-refractivity contribution in [1.29, 1.82) is 0 Å². The van der Waals surface area contributed by atoms with Gasteiger partial charge in [-0.1, -0.05) is 0 Å². The number of carbonyl (C=O) groups excluding carboxylic acids is 1. The van der Waals surface area contributed by atoms with Crippen LogP contribution in [0, 0.1) is 23.7 Å². The molecule has 3 heteroatoms. The van der Waals surface area contributed by atoms with E-state index in [-0.39, 0.29) is 12.2 Å². The molecule has 88 valence electrons. The fourth-order valence-corrected chi connectivity index (χ4v) is 4.38. The molecule has 1 heterocycles. The Labute approximate surface area is 95.5 Å². The monoisotopic (exact) mass is 222 g/mol. The Morgan fingerprint density at radius 1 is 0.812 bits per heavy atom. The van der Waals surface area contributed by atoms with Crippen molar-refractivity contribution in [2.45, 2.75) is 50.7 Å². The molecule has 1 aliphatic heterocycles. The van der Waals surface area contributed by atoms with Crippen molar-refractivity contribution < 1.29 is 14.3 Å². The fourth-order valence-electron chi connectivity index (χ4n) is 4.38. The summed E-state index contributed by atoms with van der Waals surface area (Å²) in [6, 6.07) is 0. The average molecular weight is 222 g/mol. The minimum Gasteiger partial charge on any atom is -0.427 e. The van der Waals surface area contributed by atoms with Crippen molar-refractivity contribution >= 4 is 6.16 Å². The summed E-state index contributed by atoms with van der Waals surface area (Å²) in [6.45, 7) is 0. The molecule has 3 nitrogen and oxygen atoms in total. The molecule has 0 N–H and O–H groups in total. The van der Waals surface area contributed by atoms with Crippen molar-refractivity contribution in [3.05, 3.63) is 0 Å². The van der Waals surface area contributed by atoms with Gasteiger partial charge in [0.2, 0.25) is 0 Å². The van der Waals surface area contributed by atoms with Crippen molar-refractivity contribution in [3.63, 3.8) is 0 Å². The second-order valence-corrected chi connectivity index (χ2v) is 6.04. The molecule has 0 radical (unpaired) electrons. The van der Waals surface area contributed by atoms with E-state index in [0.717, 1.165) is 36.5 Å². The van der Waals surface area contributed by atoms with Crippen LogP contribution in [0.3, 0.4) is 0 Å². The molecular weight excluding hydrogens is 204 g/mol. The van der Waals surface area contributed by atoms with Crippen LogP contribution in [0.15, 0.2) is 0 Å². The highest BCUT2D eigenvalue weighted by Gasteiger charge is 2.52. The van der Waals surface area contributed by atoms with Crippen LogP contribution in [0.2, 0.25) is 0 Å². The van der Waals surface area contributed by atoms with Crippen molar-refractivity contribution in [3.8, 4) is 0 Å². The lowest BCUT2D eigenvalue weighted by Crippen LogP contribution is -2.49. The maximum absolute atomic E-state index is 11.1. The van der Waals surface area contributed by atoms with Crippen LogP contribution in [0.1, 0.15) is 38.5 Å². The number of fused-ring (bicyclic) bond motifs is 2. The summed E-state index contributed by atoms with van der Waals surface area (Å²) in [7, 11) is 0. The molecule has 0 aromatic heterocycles. The first-order chi connectivity index (χ1) is 7.81. The van der Waals surface area contributed by atoms with Crippen LogP contribution >= 0.6 is 0 Å². The molecule has 4 rings (SSSR count). The molecule has 16 heavy (non-hydrogen) atoms. The third-order valence-corrected chi connectivity index (χ3v) is 5.47. The normalized spacial score (nSPS) is 53.9. The van der Waals surface area contributed by atoms with Gasteiger partial charge >= 0.3 is 6.16 Å². The number of carbonyl (C=O) groups is 1. The van der Waals surface area contributed by atoms with Gasteiger partial charge in [-0.15, -0.1) is 0 Å². The highest BCUT2D eigenvalue weighted by molar-refractivity contribution is 5.62. The van der Waals surface area contributed by atoms with E-state index >= 15 is 0 Å². The molecular formula is C13H18O3. The van der Waals surface area contributed by atoms with E-state index in [9.17, 15) is 4.79 Å². The van der Waals surface area contributed by atoms with Crippen LogP contribution in [-0.2, 0) is 9.47 Å². The molecule has 4 fully saturated rings. The third kappa shape index (κ3) is 1.17. The quantitative estimate of drug-likeness (QED) is 0.640. The molecule has 3 aliphatic carbocycles. The lowest BCUT2D eigenvalue weighted by atomic mass is 9.49. The van der Waals surface area contributed by atoms with Gasteiger partial charge in [0.1, 0.15) is 12.2 Å². The first kappa shape index (κ1) is 9.32. The number of hydrogen-bond donors (Lipinski definition) is 0. The highest BCUT2D eigenvalue weighted by atomic mass is 16.8. The minimum atomic E-state index is -0.439. The zero-order valence-corrected chi connectivity index (χ0v) is 9.43. The maximum Gasteiger partial charge on any atom is 0.509 e. The molecule has 0 bridgehead atoms. The standard InChI is InChI=1S/C13H18O3/c14-13-15-11-4-2-8(6-12(11)16-13)10-5-7-1-3-9(7)10/h7-12H,1-6H2. The van der Waals surface area contributed by atoms with Crippen LogP contribution in [0.25, 0.3) is 0 Å². The van der Waals surface area contributed by atoms with Crippen LogP contribution < -0.4 is 0 Å². The van der Waals surface area contributed by atoms with Gasteiger partial charge in [-0.3, -0.25) is 0 Å². The van der Waals surface area contributed by atoms with Gasteiger partial charge in [0, 0.05) is 0 Å². The Kier molecular flexibility index (Phi) is 1.83. The predicted molar refractivity (Wildman–Crippen MR) is 56.8 cm³/mol. The molecule has 0 aromatic rings. The smallest absolute Gasteiger partial charge is 0.427 e. The van der Waals surface area contributed by atoms with Crippen molar-refractivity contribution in [1.82, 2.24) is 0 Å². The molecule has 0 spiro atoms. The largest absolute Gasteiger partial charge is 0.509 e. The van der Waals surface area contributed by atoms with E-state index in [1.807, 2.05) is 0 Å². The average Bonchev–Trinajstić information content (AvgIpc) is 2.61. The zero-order valence-electron chi connectivity index (χ0n) is 9.43. The van der Waals surface area contributed by atoms with Gasteiger partial charge in [0.25, 0.3) is 0 Å². The molecule has 4 aliphatic rings. The number of rotatable bonds is 1. The second-order valence-electron chi connectivity index (χ2n) is 6.04. The van der Waals surface area contributed by atoms with Gasteiger partial charge in [-0.05, 0) is 62.2 Å². The predicted octanol–water partition coefficient (Wildman–Crippen LogP) is 2.74. The Hall–Kier alpha value is -0.730. The Bertz CT molecular complexity index is 327. The van der Waals surface area contributed by atoms with Gasteiger partial charge in [0.05, 0.1) is 0 Å². The first-order valence-corrected chi connectivity index (χ1v) is 6.68. The van der Waals surface area contributed by atoms with Crippen molar-refractivity contribution in [2.24, 2.45) is 23.7 Å². The number of ether oxygens (including phenoxy) is 2. The van der Waals surface area contributed by atoms with Gasteiger partial charge in [0.15, 0.2) is 0 Å². The third-order valence-electron chi connectivity index (χ3n) is 5.47. The molecule has 3 saturated carbocycles. The van der Waals surface area contributed by atoms with Crippen LogP contribution in [-0.4, -0.2) is 18.4 Å². The maximum atomic E-state index is 11.1. The second kappa shape index (κ2) is 3.14. The lowest BCUT2D eigenvalue weighted by molar-refractivity contribution is -0.0810. The Balaban J connectivity index is 1.42. The molecule has 6 atom stereocenters. The summed E-state index contributed by atoms with van der Waals surface area (Å²) < 4.78 is 10.4. The molecule has 1 saturated heterocycles. The summed E-state index contributed by atoms with van der Waals surface area (Å²) in [5, 5.41) is 0. The summed E-state index contributed by atoms with van der Waals surface area (Å²) in [5.41, 5.74) is 0. The van der Waals surface area contributed by atoms with Crippen LogP contribution in [0.4, 0.5) is 4.79 Å². The molecule has 0 amide bonds. The van der Waals surface area contributed by atoms with Gasteiger partial charge in [-0.25, -0.2) is 4.79 Å². The SMILES string of the molecule is O=C1OC2CCC(C3CC4CCC43)CC2O1. The van der Waals surface area contributed by atoms with Crippen LogP contribution in [0.5, 0.6) is 0 Å². The van der Waals surface area contributed by atoms with Crippen molar-refractivity contribution in [2.75, 3.05) is 0 Å². The van der Waals surface area contributed by atoms with E-state index in [0.29, 0.717) is 0 Å². The van der Waals surface area contributed by atoms with Gasteiger partial charge in [-0.2, -0.15) is 0 Å². The lowest BCUT2D eigenvalue weighted by Gasteiger charge is -2.57. The fraction of sp³-hybridized carbons (Fsp3) is 0.923.